The van der Waals surface area contributed by atoms with Gasteiger partial charge >= 0.3 is 21.7 Å². The second-order valence-corrected chi connectivity index (χ2v) is 12.4. The zero-order valence-electron chi connectivity index (χ0n) is 17.4. The molecule has 0 aliphatic heterocycles. The molecule has 144 valence electrons. The van der Waals surface area contributed by atoms with Crippen LogP contribution in [0.25, 0.3) is 21.5 Å². The van der Waals surface area contributed by atoms with Crippen LogP contribution in [0.3, 0.4) is 0 Å². The molecule has 0 radical (unpaired) electrons. The van der Waals surface area contributed by atoms with Crippen molar-refractivity contribution in [2.24, 2.45) is 0 Å². The quantitative estimate of drug-likeness (QED) is 0.279. The van der Waals surface area contributed by atoms with Gasteiger partial charge in [-0.25, -0.2) is 0 Å². The summed E-state index contributed by atoms with van der Waals surface area (Å²) in [4.78, 5) is 0. The topological polar surface area (TPSA) is 0 Å². The Morgan fingerprint density at radius 3 is 1.36 bits per heavy atom. The Balaban J connectivity index is 0.00000131. The minimum atomic E-state index is -1.82. The molecule has 4 aromatic carbocycles. The molecule has 0 aliphatic carbocycles. The van der Waals surface area contributed by atoms with E-state index < -0.39 is 8.07 Å². The molecule has 0 nitrogen and oxygen atoms in total. The van der Waals surface area contributed by atoms with Crippen molar-refractivity contribution in [3.63, 3.8) is 0 Å². The number of aryl methyl sites for hydroxylation is 4. The van der Waals surface area contributed by atoms with Crippen LogP contribution in [-0.2, 0) is 21.7 Å². The molecule has 28 heavy (non-hydrogen) atoms. The van der Waals surface area contributed by atoms with Crippen LogP contribution < -0.4 is 35.2 Å². The molecule has 4 aromatic rings. The Labute approximate surface area is 197 Å². The number of benzene rings is 2. The van der Waals surface area contributed by atoms with Crippen molar-refractivity contribution in [2.45, 2.75) is 40.8 Å². The average Bonchev–Trinajstić information content (AvgIpc) is 3.04. The number of fused-ring (bicyclic) bond motifs is 2. The van der Waals surface area contributed by atoms with E-state index >= 15 is 0 Å². The summed E-state index contributed by atoms with van der Waals surface area (Å²) >= 11 is 0. The molecule has 0 amide bonds. The number of hydrogen-bond donors (Lipinski definition) is 0. The van der Waals surface area contributed by atoms with Crippen molar-refractivity contribution >= 4 is 40.0 Å². The zero-order valence-corrected chi connectivity index (χ0v) is 21.4. The third-order valence-electron chi connectivity index (χ3n) is 6.22. The first-order valence-electron chi connectivity index (χ1n) is 9.14. The molecule has 0 atom stereocenters. The van der Waals surface area contributed by atoms with E-state index in [4.69, 9.17) is 0 Å². The summed E-state index contributed by atoms with van der Waals surface area (Å²) < 4.78 is 0. The van der Waals surface area contributed by atoms with Crippen LogP contribution in [0.1, 0.15) is 22.3 Å². The second-order valence-electron chi connectivity index (χ2n) is 8.07. The van der Waals surface area contributed by atoms with Crippen molar-refractivity contribution in [2.75, 3.05) is 0 Å². The second kappa shape index (κ2) is 8.90. The molecule has 0 saturated carbocycles. The van der Waals surface area contributed by atoms with Crippen LogP contribution in [-0.4, -0.2) is 8.07 Å². The Hall–Kier alpha value is -0.829. The van der Waals surface area contributed by atoms with Crippen LogP contribution in [0, 0.1) is 27.7 Å². The van der Waals surface area contributed by atoms with Crippen LogP contribution in [0.5, 0.6) is 0 Å². The van der Waals surface area contributed by atoms with Crippen molar-refractivity contribution in [1.82, 2.24) is 0 Å². The van der Waals surface area contributed by atoms with Crippen molar-refractivity contribution in [3.05, 3.63) is 70.8 Å². The molecule has 4 heteroatoms. The molecule has 4 rings (SSSR count). The minimum absolute atomic E-state index is 0. The SMILES string of the molecule is Cc1[cH-]c2cccc([Si](C)(C)c3cccc4[cH-]c(C)c(C)c34)c2c1C.[Cl-].[Cl-].[Ti+4]. The zero-order chi connectivity index (χ0) is 17.9. The van der Waals surface area contributed by atoms with E-state index in [0.717, 1.165) is 0 Å². The first-order chi connectivity index (χ1) is 11.8. The van der Waals surface area contributed by atoms with Crippen LogP contribution in [0.2, 0.25) is 13.1 Å². The Kier molecular flexibility index (Phi) is 8.01. The normalized spacial score (nSPS) is 11.1. The predicted octanol–water partition coefficient (Wildman–Crippen LogP) is -0.507. The van der Waals surface area contributed by atoms with Crippen LogP contribution in [0.4, 0.5) is 0 Å². The third-order valence-corrected chi connectivity index (χ3v) is 9.74. The van der Waals surface area contributed by atoms with E-state index in [2.05, 4.69) is 89.3 Å². The maximum absolute atomic E-state index is 2.51. The van der Waals surface area contributed by atoms with Gasteiger partial charge in [-0.3, -0.25) is 0 Å². The fraction of sp³-hybridized carbons (Fsp3) is 0.250. The van der Waals surface area contributed by atoms with Gasteiger partial charge in [0.25, 0.3) is 0 Å². The van der Waals surface area contributed by atoms with Crippen LogP contribution in [0.15, 0.2) is 48.5 Å². The van der Waals surface area contributed by atoms with Gasteiger partial charge in [0.15, 0.2) is 0 Å². The monoisotopic (exact) mass is 460 g/mol. The molecule has 0 aromatic heterocycles. The molecule has 0 spiro atoms. The average molecular weight is 461 g/mol. The molecule has 0 bridgehead atoms. The van der Waals surface area contributed by atoms with E-state index in [0.29, 0.717) is 0 Å². The molecule has 0 unspecified atom stereocenters. The van der Waals surface area contributed by atoms with Crippen molar-refractivity contribution in [1.29, 1.82) is 0 Å². The molecule has 0 heterocycles. The summed E-state index contributed by atoms with van der Waals surface area (Å²) in [6, 6.07) is 18.5. The molecular formula is C24H26Cl2SiTi. The van der Waals surface area contributed by atoms with E-state index in [9.17, 15) is 0 Å². The van der Waals surface area contributed by atoms with Gasteiger partial charge in [-0.1, -0.05) is 63.3 Å². The summed E-state index contributed by atoms with van der Waals surface area (Å²) in [7, 11) is -1.82. The summed E-state index contributed by atoms with van der Waals surface area (Å²) in [6.45, 7) is 14.1. The molecular weight excluding hydrogens is 435 g/mol. The van der Waals surface area contributed by atoms with Gasteiger partial charge in [0, 0.05) is 0 Å². The number of hydrogen-bond acceptors (Lipinski definition) is 0. The summed E-state index contributed by atoms with van der Waals surface area (Å²) in [6.07, 6.45) is 0. The standard InChI is InChI=1S/C24H26Si.2ClH.Ti/c1-15-13-19-9-7-11-21(23(19)17(15)3)25(5,6)22-12-8-10-20-14-16(2)18(4)24(20)22;;;/h7-14H,1-6H3;2*1H;/q-2;;;+4/p-2. The molecule has 0 fully saturated rings. The maximum Gasteiger partial charge on any atom is 4.00 e. The summed E-state index contributed by atoms with van der Waals surface area (Å²) in [5.74, 6) is 0. The summed E-state index contributed by atoms with van der Waals surface area (Å²) in [5, 5.41) is 8.93. The summed E-state index contributed by atoms with van der Waals surface area (Å²) in [5.41, 5.74) is 5.72. The van der Waals surface area contributed by atoms with E-state index in [-0.39, 0.29) is 46.5 Å². The van der Waals surface area contributed by atoms with Gasteiger partial charge in [0.2, 0.25) is 0 Å². The van der Waals surface area contributed by atoms with Gasteiger partial charge in [0.1, 0.15) is 0 Å². The van der Waals surface area contributed by atoms with Crippen molar-refractivity contribution < 1.29 is 46.5 Å². The van der Waals surface area contributed by atoms with E-state index in [1.54, 1.807) is 10.4 Å². The van der Waals surface area contributed by atoms with Gasteiger partial charge in [-0.2, -0.15) is 11.1 Å². The largest absolute Gasteiger partial charge is 4.00 e. The smallest absolute Gasteiger partial charge is 1.00 e. The van der Waals surface area contributed by atoms with Crippen LogP contribution >= 0.6 is 0 Å². The fourth-order valence-electron chi connectivity index (χ4n) is 4.48. The van der Waals surface area contributed by atoms with Crippen molar-refractivity contribution in [3.8, 4) is 0 Å². The Bertz CT molecular complexity index is 1030. The van der Waals surface area contributed by atoms with Gasteiger partial charge in [0.05, 0.1) is 8.07 Å². The van der Waals surface area contributed by atoms with E-state index in [1.807, 2.05) is 0 Å². The molecule has 0 aliphatic rings. The van der Waals surface area contributed by atoms with Gasteiger partial charge < -0.3 is 24.8 Å². The first kappa shape index (κ1) is 25.2. The third kappa shape index (κ3) is 3.69. The fourth-order valence-corrected chi connectivity index (χ4v) is 7.71. The molecule has 0 N–H and O–H groups in total. The van der Waals surface area contributed by atoms with Gasteiger partial charge in [-0.15, -0.1) is 69.1 Å². The minimum Gasteiger partial charge on any atom is -1.00 e. The number of rotatable bonds is 2. The Morgan fingerprint density at radius 2 is 1.00 bits per heavy atom. The number of halogens is 2. The first-order valence-corrected chi connectivity index (χ1v) is 12.1. The van der Waals surface area contributed by atoms with E-state index in [1.165, 1.54) is 43.8 Å². The van der Waals surface area contributed by atoms with Gasteiger partial charge in [-0.05, 0) is 0 Å². The maximum atomic E-state index is 2.51. The molecule has 0 saturated heterocycles. The Morgan fingerprint density at radius 1 is 0.643 bits per heavy atom. The predicted molar refractivity (Wildman–Crippen MR) is 115 cm³/mol.